The molecular weight excluding hydrogens is 248 g/mol. The molecule has 0 aromatic rings. The molecule has 18 heavy (non-hydrogen) atoms. The summed E-state index contributed by atoms with van der Waals surface area (Å²) in [7, 11) is -3.01. The molecule has 4 nitrogen and oxygen atoms in total. The fraction of sp³-hybridized carbons (Fsp3) is 1.00. The van der Waals surface area contributed by atoms with Crippen molar-refractivity contribution in [1.82, 2.24) is 9.62 Å². The highest BCUT2D eigenvalue weighted by Crippen LogP contribution is 2.20. The van der Waals surface area contributed by atoms with Crippen LogP contribution >= 0.6 is 0 Å². The van der Waals surface area contributed by atoms with Gasteiger partial charge in [0.2, 0.25) is 10.0 Å². The lowest BCUT2D eigenvalue weighted by Gasteiger charge is -2.32. The van der Waals surface area contributed by atoms with E-state index in [9.17, 15) is 8.42 Å². The summed E-state index contributed by atoms with van der Waals surface area (Å²) in [6, 6.07) is 0. The van der Waals surface area contributed by atoms with Gasteiger partial charge in [-0.05, 0) is 37.1 Å². The minimum atomic E-state index is -3.01. The molecule has 1 aliphatic rings. The fourth-order valence-electron chi connectivity index (χ4n) is 2.23. The molecule has 1 rings (SSSR count). The van der Waals surface area contributed by atoms with Gasteiger partial charge >= 0.3 is 0 Å². The lowest BCUT2D eigenvalue weighted by atomic mass is 9.90. The van der Waals surface area contributed by atoms with E-state index >= 15 is 0 Å². The van der Waals surface area contributed by atoms with E-state index < -0.39 is 10.0 Å². The van der Waals surface area contributed by atoms with E-state index in [1.807, 2.05) is 0 Å². The van der Waals surface area contributed by atoms with Crippen LogP contribution in [0.15, 0.2) is 0 Å². The monoisotopic (exact) mass is 276 g/mol. The molecule has 0 bridgehead atoms. The first-order valence-corrected chi connectivity index (χ1v) is 8.75. The summed E-state index contributed by atoms with van der Waals surface area (Å²) >= 11 is 0. The maximum Gasteiger partial charge on any atom is 0.211 e. The van der Waals surface area contributed by atoms with Crippen LogP contribution in [0.3, 0.4) is 0 Å². The lowest BCUT2D eigenvalue weighted by Crippen LogP contribution is -2.43. The van der Waals surface area contributed by atoms with Gasteiger partial charge in [0, 0.05) is 19.6 Å². The van der Waals surface area contributed by atoms with Crippen LogP contribution in [-0.4, -0.2) is 45.2 Å². The number of nitrogens with one attached hydrogen (secondary N) is 1. The SMILES string of the molecule is CCC(C)(C)CNCC1CCCN(S(C)(=O)=O)C1. The molecule has 1 saturated heterocycles. The van der Waals surface area contributed by atoms with Crippen LogP contribution in [0.25, 0.3) is 0 Å². The van der Waals surface area contributed by atoms with E-state index in [-0.39, 0.29) is 0 Å². The summed E-state index contributed by atoms with van der Waals surface area (Å²) in [6.07, 6.45) is 4.57. The second-order valence-corrected chi connectivity index (χ2v) is 8.26. The van der Waals surface area contributed by atoms with Gasteiger partial charge < -0.3 is 5.32 Å². The third kappa shape index (κ3) is 5.24. The summed E-state index contributed by atoms with van der Waals surface area (Å²) in [5, 5.41) is 3.50. The number of rotatable bonds is 6. The van der Waals surface area contributed by atoms with Gasteiger partial charge in [0.1, 0.15) is 0 Å². The Kier molecular flexibility index (Phi) is 5.62. The van der Waals surface area contributed by atoms with Crippen molar-refractivity contribution in [3.05, 3.63) is 0 Å². The molecule has 0 aromatic heterocycles. The average molecular weight is 276 g/mol. The van der Waals surface area contributed by atoms with E-state index in [4.69, 9.17) is 0 Å². The van der Waals surface area contributed by atoms with E-state index in [1.165, 1.54) is 6.26 Å². The first-order valence-electron chi connectivity index (χ1n) is 6.90. The van der Waals surface area contributed by atoms with Crippen molar-refractivity contribution in [3.8, 4) is 0 Å². The highest BCUT2D eigenvalue weighted by molar-refractivity contribution is 7.88. The molecule has 0 amide bonds. The molecule has 1 N–H and O–H groups in total. The zero-order valence-electron chi connectivity index (χ0n) is 12.2. The molecule has 1 heterocycles. The van der Waals surface area contributed by atoms with Crippen LogP contribution in [-0.2, 0) is 10.0 Å². The minimum absolute atomic E-state index is 0.325. The van der Waals surface area contributed by atoms with Crippen molar-refractivity contribution < 1.29 is 8.42 Å². The van der Waals surface area contributed by atoms with E-state index in [2.05, 4.69) is 26.1 Å². The Bertz CT molecular complexity index is 352. The van der Waals surface area contributed by atoms with Crippen LogP contribution < -0.4 is 5.32 Å². The van der Waals surface area contributed by atoms with Crippen LogP contribution in [0.5, 0.6) is 0 Å². The van der Waals surface area contributed by atoms with Crippen LogP contribution in [0, 0.1) is 11.3 Å². The van der Waals surface area contributed by atoms with Crippen molar-refractivity contribution in [2.24, 2.45) is 11.3 Å². The summed E-state index contributed by atoms with van der Waals surface area (Å²) in [5.41, 5.74) is 0.325. The standard InChI is InChI=1S/C13H28N2O2S/c1-5-13(2,3)11-14-9-12-7-6-8-15(10-12)18(4,16)17/h12,14H,5-11H2,1-4H3. The minimum Gasteiger partial charge on any atom is -0.316 e. The van der Waals surface area contributed by atoms with Gasteiger partial charge in [-0.3, -0.25) is 0 Å². The van der Waals surface area contributed by atoms with Crippen molar-refractivity contribution >= 4 is 10.0 Å². The van der Waals surface area contributed by atoms with Gasteiger partial charge in [0.05, 0.1) is 6.26 Å². The van der Waals surface area contributed by atoms with Crippen LogP contribution in [0.1, 0.15) is 40.0 Å². The maximum atomic E-state index is 11.5. The summed E-state index contributed by atoms with van der Waals surface area (Å²) < 4.78 is 24.7. The van der Waals surface area contributed by atoms with Crippen molar-refractivity contribution in [2.45, 2.75) is 40.0 Å². The maximum absolute atomic E-state index is 11.5. The van der Waals surface area contributed by atoms with Crippen LogP contribution in [0.4, 0.5) is 0 Å². The smallest absolute Gasteiger partial charge is 0.211 e. The summed E-state index contributed by atoms with van der Waals surface area (Å²) in [5.74, 6) is 0.459. The molecule has 1 unspecified atom stereocenters. The van der Waals surface area contributed by atoms with Crippen molar-refractivity contribution in [2.75, 3.05) is 32.4 Å². The Morgan fingerprint density at radius 1 is 1.39 bits per heavy atom. The molecule has 0 spiro atoms. The molecule has 1 aliphatic heterocycles. The number of hydrogen-bond acceptors (Lipinski definition) is 3. The molecule has 5 heteroatoms. The second kappa shape index (κ2) is 6.35. The highest BCUT2D eigenvalue weighted by Gasteiger charge is 2.26. The summed E-state index contributed by atoms with van der Waals surface area (Å²) in [4.78, 5) is 0. The average Bonchev–Trinajstić information content (AvgIpc) is 2.28. The fourth-order valence-corrected chi connectivity index (χ4v) is 3.18. The zero-order chi connectivity index (χ0) is 13.8. The quantitative estimate of drug-likeness (QED) is 0.803. The number of hydrogen-bond donors (Lipinski definition) is 1. The molecule has 108 valence electrons. The molecule has 0 radical (unpaired) electrons. The molecule has 0 aliphatic carbocycles. The lowest BCUT2D eigenvalue weighted by molar-refractivity contribution is 0.247. The third-order valence-electron chi connectivity index (χ3n) is 3.94. The van der Waals surface area contributed by atoms with Gasteiger partial charge in [-0.1, -0.05) is 20.8 Å². The number of nitrogens with zero attached hydrogens (tertiary/aromatic N) is 1. The number of sulfonamides is 1. The molecule has 0 aromatic carbocycles. The molecule has 0 saturated carbocycles. The normalized spacial score (nSPS) is 23.2. The predicted octanol–water partition coefficient (Wildman–Crippen LogP) is 1.68. The first kappa shape index (κ1) is 15.9. The Morgan fingerprint density at radius 3 is 2.61 bits per heavy atom. The van der Waals surface area contributed by atoms with E-state index in [0.717, 1.165) is 32.4 Å². The molecule has 1 fully saturated rings. The van der Waals surface area contributed by atoms with Gasteiger partial charge in [0.25, 0.3) is 0 Å². The third-order valence-corrected chi connectivity index (χ3v) is 5.21. The Labute approximate surface area is 112 Å². The second-order valence-electron chi connectivity index (χ2n) is 6.28. The molecule has 1 atom stereocenters. The molecular formula is C13H28N2O2S. The Morgan fingerprint density at radius 2 is 2.06 bits per heavy atom. The van der Waals surface area contributed by atoms with Gasteiger partial charge in [0.15, 0.2) is 0 Å². The number of piperidine rings is 1. The Balaban J connectivity index is 2.35. The van der Waals surface area contributed by atoms with Crippen LogP contribution in [0.2, 0.25) is 0 Å². The van der Waals surface area contributed by atoms with Gasteiger partial charge in [-0.25, -0.2) is 12.7 Å². The predicted molar refractivity (Wildman–Crippen MR) is 76.1 cm³/mol. The van der Waals surface area contributed by atoms with E-state index in [1.54, 1.807) is 4.31 Å². The topological polar surface area (TPSA) is 49.4 Å². The van der Waals surface area contributed by atoms with Gasteiger partial charge in [-0.15, -0.1) is 0 Å². The largest absolute Gasteiger partial charge is 0.316 e. The van der Waals surface area contributed by atoms with Crippen molar-refractivity contribution in [1.29, 1.82) is 0 Å². The Hall–Kier alpha value is -0.130. The summed E-state index contributed by atoms with van der Waals surface area (Å²) in [6.45, 7) is 10.0. The van der Waals surface area contributed by atoms with Gasteiger partial charge in [-0.2, -0.15) is 0 Å². The zero-order valence-corrected chi connectivity index (χ0v) is 13.0. The van der Waals surface area contributed by atoms with E-state index in [0.29, 0.717) is 24.4 Å². The highest BCUT2D eigenvalue weighted by atomic mass is 32.2. The van der Waals surface area contributed by atoms with Crippen molar-refractivity contribution in [3.63, 3.8) is 0 Å². The first-order chi connectivity index (χ1) is 8.24.